The van der Waals surface area contributed by atoms with Crippen LogP contribution >= 0.6 is 0 Å². The van der Waals surface area contributed by atoms with Gasteiger partial charge in [-0.15, -0.1) is 0 Å². The van der Waals surface area contributed by atoms with Crippen molar-refractivity contribution < 1.29 is 19.4 Å². The summed E-state index contributed by atoms with van der Waals surface area (Å²) in [5.74, 6) is 0.193. The molecule has 1 aromatic carbocycles. The molecule has 0 radical (unpaired) electrons. The van der Waals surface area contributed by atoms with Gasteiger partial charge in [0, 0.05) is 6.42 Å². The van der Waals surface area contributed by atoms with E-state index < -0.39 is 12.1 Å². The number of rotatable bonds is 8. The molecule has 0 unspecified atom stereocenters. The molecule has 0 amide bonds. The number of carboxylic acid groups (broad SMARTS) is 1. The highest BCUT2D eigenvalue weighted by molar-refractivity contribution is 5.72. The molecular weight excluding hydrogens is 244 g/mol. The van der Waals surface area contributed by atoms with Crippen LogP contribution in [0.3, 0.4) is 0 Å². The van der Waals surface area contributed by atoms with Crippen molar-refractivity contribution in [2.75, 3.05) is 13.2 Å². The lowest BCUT2D eigenvalue weighted by Gasteiger charge is -2.15. The number of benzene rings is 1. The monoisotopic (exact) mass is 266 g/mol. The smallest absolute Gasteiger partial charge is 0.333 e. The summed E-state index contributed by atoms with van der Waals surface area (Å²) in [6.45, 7) is 6.99. The van der Waals surface area contributed by atoms with Crippen LogP contribution in [0.2, 0.25) is 0 Å². The van der Waals surface area contributed by atoms with E-state index in [-0.39, 0.29) is 0 Å². The van der Waals surface area contributed by atoms with Crippen LogP contribution in [0.15, 0.2) is 24.3 Å². The first-order chi connectivity index (χ1) is 9.02. The summed E-state index contributed by atoms with van der Waals surface area (Å²) in [5, 5.41) is 9.14. The van der Waals surface area contributed by atoms with Gasteiger partial charge >= 0.3 is 5.97 Å². The standard InChI is InChI=1S/C15H22O4/c1-4-18-13-7-5-12(6-8-13)9-14(15(16)17)19-10-11(2)3/h5-8,11,14H,4,9-10H2,1-3H3,(H,16,17)/t14-/m0/s1. The van der Waals surface area contributed by atoms with Crippen molar-refractivity contribution in [3.8, 4) is 5.75 Å². The van der Waals surface area contributed by atoms with Crippen molar-refractivity contribution in [3.63, 3.8) is 0 Å². The van der Waals surface area contributed by atoms with Gasteiger partial charge < -0.3 is 14.6 Å². The highest BCUT2D eigenvalue weighted by atomic mass is 16.5. The Hall–Kier alpha value is -1.55. The van der Waals surface area contributed by atoms with Gasteiger partial charge in [0.05, 0.1) is 13.2 Å². The first-order valence-electron chi connectivity index (χ1n) is 6.59. The molecule has 0 heterocycles. The van der Waals surface area contributed by atoms with Gasteiger partial charge in [-0.1, -0.05) is 26.0 Å². The molecule has 0 fully saturated rings. The molecule has 0 saturated heterocycles. The van der Waals surface area contributed by atoms with E-state index in [4.69, 9.17) is 14.6 Å². The van der Waals surface area contributed by atoms with E-state index >= 15 is 0 Å². The quantitative estimate of drug-likeness (QED) is 0.786. The summed E-state index contributed by atoms with van der Waals surface area (Å²) in [5.41, 5.74) is 0.930. The lowest BCUT2D eigenvalue weighted by atomic mass is 10.1. The Balaban J connectivity index is 2.60. The third kappa shape index (κ3) is 5.75. The number of carbonyl (C=O) groups is 1. The molecule has 4 heteroatoms. The van der Waals surface area contributed by atoms with E-state index in [2.05, 4.69) is 0 Å². The minimum Gasteiger partial charge on any atom is -0.494 e. The number of aliphatic carboxylic acids is 1. The molecular formula is C15H22O4. The molecule has 0 aliphatic rings. The predicted octanol–water partition coefficient (Wildman–Crippen LogP) is 2.75. The Morgan fingerprint density at radius 2 is 1.89 bits per heavy atom. The molecule has 106 valence electrons. The van der Waals surface area contributed by atoms with E-state index in [0.29, 0.717) is 25.6 Å². The van der Waals surface area contributed by atoms with Gasteiger partial charge in [0.1, 0.15) is 5.75 Å². The lowest BCUT2D eigenvalue weighted by Crippen LogP contribution is -2.27. The highest BCUT2D eigenvalue weighted by Gasteiger charge is 2.19. The first-order valence-corrected chi connectivity index (χ1v) is 6.59. The molecule has 1 aromatic rings. The van der Waals surface area contributed by atoms with Gasteiger partial charge in [-0.05, 0) is 30.5 Å². The zero-order valence-corrected chi connectivity index (χ0v) is 11.8. The van der Waals surface area contributed by atoms with E-state index in [9.17, 15) is 4.79 Å². The minimum absolute atomic E-state index is 0.321. The molecule has 1 rings (SSSR count). The summed E-state index contributed by atoms with van der Waals surface area (Å²) in [6.07, 6.45) is -0.422. The number of ether oxygens (including phenoxy) is 2. The molecule has 0 aromatic heterocycles. The van der Waals surface area contributed by atoms with Crippen LogP contribution < -0.4 is 4.74 Å². The van der Waals surface area contributed by atoms with Crippen molar-refractivity contribution in [2.45, 2.75) is 33.3 Å². The van der Waals surface area contributed by atoms with Crippen molar-refractivity contribution >= 4 is 5.97 Å². The van der Waals surface area contributed by atoms with Crippen molar-refractivity contribution in [1.82, 2.24) is 0 Å². The average molecular weight is 266 g/mol. The molecule has 1 atom stereocenters. The Labute approximate surface area is 114 Å². The van der Waals surface area contributed by atoms with Crippen molar-refractivity contribution in [3.05, 3.63) is 29.8 Å². The highest BCUT2D eigenvalue weighted by Crippen LogP contribution is 2.14. The van der Waals surface area contributed by atoms with Gasteiger partial charge in [-0.25, -0.2) is 4.79 Å². The van der Waals surface area contributed by atoms with Gasteiger partial charge in [-0.3, -0.25) is 0 Å². The fourth-order valence-electron chi connectivity index (χ4n) is 1.63. The average Bonchev–Trinajstić information content (AvgIpc) is 2.36. The van der Waals surface area contributed by atoms with Crippen LogP contribution in [0.25, 0.3) is 0 Å². The topological polar surface area (TPSA) is 55.8 Å². The maximum atomic E-state index is 11.1. The molecule has 0 spiro atoms. The second-order valence-electron chi connectivity index (χ2n) is 4.84. The largest absolute Gasteiger partial charge is 0.494 e. The van der Waals surface area contributed by atoms with Crippen LogP contribution in [0, 0.1) is 5.92 Å². The van der Waals surface area contributed by atoms with Crippen molar-refractivity contribution in [2.24, 2.45) is 5.92 Å². The maximum absolute atomic E-state index is 11.1. The number of hydrogen-bond acceptors (Lipinski definition) is 3. The van der Waals surface area contributed by atoms with Crippen LogP contribution in [-0.4, -0.2) is 30.4 Å². The van der Waals surface area contributed by atoms with Crippen LogP contribution in [0.5, 0.6) is 5.75 Å². The summed E-state index contributed by atoms with van der Waals surface area (Å²) in [6, 6.07) is 7.44. The lowest BCUT2D eigenvalue weighted by molar-refractivity contribution is -0.150. The molecule has 0 aliphatic carbocycles. The second-order valence-corrected chi connectivity index (χ2v) is 4.84. The van der Waals surface area contributed by atoms with E-state index in [1.807, 2.05) is 45.0 Å². The molecule has 0 bridgehead atoms. The zero-order chi connectivity index (χ0) is 14.3. The molecule has 19 heavy (non-hydrogen) atoms. The number of hydrogen-bond donors (Lipinski definition) is 1. The third-order valence-electron chi connectivity index (χ3n) is 2.56. The van der Waals surface area contributed by atoms with Crippen molar-refractivity contribution in [1.29, 1.82) is 0 Å². The molecule has 0 aliphatic heterocycles. The van der Waals surface area contributed by atoms with E-state index in [0.717, 1.165) is 11.3 Å². The maximum Gasteiger partial charge on any atom is 0.333 e. The Bertz CT molecular complexity index is 384. The first kappa shape index (κ1) is 15.5. The Morgan fingerprint density at radius 3 is 2.37 bits per heavy atom. The summed E-state index contributed by atoms with van der Waals surface area (Å²) in [4.78, 5) is 11.1. The molecule has 1 N–H and O–H groups in total. The van der Waals surface area contributed by atoms with Gasteiger partial charge in [0.15, 0.2) is 6.10 Å². The van der Waals surface area contributed by atoms with Gasteiger partial charge in [0.25, 0.3) is 0 Å². The summed E-state index contributed by atoms with van der Waals surface area (Å²) >= 11 is 0. The summed E-state index contributed by atoms with van der Waals surface area (Å²) < 4.78 is 10.8. The van der Waals surface area contributed by atoms with Crippen LogP contribution in [0.1, 0.15) is 26.3 Å². The normalized spacial score (nSPS) is 12.4. The van der Waals surface area contributed by atoms with Gasteiger partial charge in [0.2, 0.25) is 0 Å². The predicted molar refractivity (Wildman–Crippen MR) is 73.5 cm³/mol. The van der Waals surface area contributed by atoms with E-state index in [1.165, 1.54) is 0 Å². The molecule has 4 nitrogen and oxygen atoms in total. The molecule has 0 saturated carbocycles. The third-order valence-corrected chi connectivity index (χ3v) is 2.56. The summed E-state index contributed by atoms with van der Waals surface area (Å²) in [7, 11) is 0. The Kier molecular flexibility index (Phi) is 6.36. The Morgan fingerprint density at radius 1 is 1.26 bits per heavy atom. The fourth-order valence-corrected chi connectivity index (χ4v) is 1.63. The zero-order valence-electron chi connectivity index (χ0n) is 11.8. The number of carboxylic acids is 1. The minimum atomic E-state index is -0.922. The van der Waals surface area contributed by atoms with Crippen LogP contribution in [-0.2, 0) is 16.0 Å². The SMILES string of the molecule is CCOc1ccc(C[C@H](OCC(C)C)C(=O)O)cc1. The second kappa shape index (κ2) is 7.79. The van der Waals surface area contributed by atoms with Crippen LogP contribution in [0.4, 0.5) is 0 Å². The van der Waals surface area contributed by atoms with E-state index in [1.54, 1.807) is 0 Å². The van der Waals surface area contributed by atoms with Gasteiger partial charge in [-0.2, -0.15) is 0 Å². The fraction of sp³-hybridized carbons (Fsp3) is 0.533.